The van der Waals surface area contributed by atoms with Crippen LogP contribution < -0.4 is 11.3 Å². The van der Waals surface area contributed by atoms with Crippen LogP contribution in [0.2, 0.25) is 0 Å². The first-order valence-electron chi connectivity index (χ1n) is 4.75. The molecule has 0 rings (SSSR count). The fourth-order valence-corrected chi connectivity index (χ4v) is 2.01. The third kappa shape index (κ3) is 4.83. The van der Waals surface area contributed by atoms with Gasteiger partial charge in [-0.2, -0.15) is 11.8 Å². The van der Waals surface area contributed by atoms with Crippen LogP contribution in [0.5, 0.6) is 0 Å². The van der Waals surface area contributed by atoms with Gasteiger partial charge in [0.25, 0.3) is 0 Å². The van der Waals surface area contributed by atoms with Crippen LogP contribution >= 0.6 is 11.8 Å². The maximum absolute atomic E-state index is 11.2. The summed E-state index contributed by atoms with van der Waals surface area (Å²) in [5.41, 5.74) is 2.15. The lowest BCUT2D eigenvalue weighted by molar-refractivity contribution is -0.124. The topological polar surface area (TPSA) is 75.3 Å². The lowest BCUT2D eigenvalue weighted by atomic mass is 10.1. The van der Waals surface area contributed by atoms with Crippen molar-refractivity contribution in [3.63, 3.8) is 0 Å². The van der Waals surface area contributed by atoms with Gasteiger partial charge in [0.15, 0.2) is 0 Å². The first-order chi connectivity index (χ1) is 6.52. The summed E-state index contributed by atoms with van der Waals surface area (Å²) >= 11 is 1.68. The summed E-state index contributed by atoms with van der Waals surface area (Å²) in [6, 6.07) is 0. The number of carbonyl (C=O) groups excluding carboxylic acids is 1. The Bertz CT molecular complexity index is 178. The van der Waals surface area contributed by atoms with Gasteiger partial charge in [-0.05, 0) is 11.7 Å². The number of nitrogens with one attached hydrogen (secondary N) is 1. The molecule has 0 aromatic heterocycles. The molecule has 4 nitrogen and oxygen atoms in total. The smallest absolute Gasteiger partial charge is 0.237 e. The molecule has 0 saturated heterocycles. The monoisotopic (exact) mass is 220 g/mol. The van der Waals surface area contributed by atoms with Crippen LogP contribution in [0.25, 0.3) is 0 Å². The molecule has 3 atom stereocenters. The molecule has 0 fully saturated rings. The van der Waals surface area contributed by atoms with Gasteiger partial charge in [-0.25, -0.2) is 5.84 Å². The van der Waals surface area contributed by atoms with Crippen molar-refractivity contribution < 1.29 is 9.90 Å². The average molecular weight is 220 g/mol. The zero-order valence-corrected chi connectivity index (χ0v) is 9.80. The quantitative estimate of drug-likeness (QED) is 0.343. The molecule has 1 amide bonds. The second kappa shape index (κ2) is 7.09. The molecule has 5 heteroatoms. The Hall–Kier alpha value is -0.260. The van der Waals surface area contributed by atoms with Crippen molar-refractivity contribution in [1.82, 2.24) is 5.43 Å². The molecule has 0 radical (unpaired) electrons. The van der Waals surface area contributed by atoms with Gasteiger partial charge in [-0.1, -0.05) is 20.8 Å². The number of carbonyl (C=O) groups is 1. The SMILES string of the molecule is CC(CO)CSC(C)C(C)C(=O)NN. The molecule has 0 saturated carbocycles. The molecule has 0 aromatic carbocycles. The molecule has 0 aromatic rings. The summed E-state index contributed by atoms with van der Waals surface area (Å²) in [7, 11) is 0. The second-order valence-corrected chi connectivity index (χ2v) is 5.03. The van der Waals surface area contributed by atoms with Crippen molar-refractivity contribution in [3.8, 4) is 0 Å². The number of aliphatic hydroxyl groups excluding tert-OH is 1. The van der Waals surface area contributed by atoms with Crippen molar-refractivity contribution in [2.24, 2.45) is 17.7 Å². The molecular weight excluding hydrogens is 200 g/mol. The highest BCUT2D eigenvalue weighted by Gasteiger charge is 2.20. The highest BCUT2D eigenvalue weighted by Crippen LogP contribution is 2.21. The van der Waals surface area contributed by atoms with E-state index in [0.717, 1.165) is 5.75 Å². The number of thioether (sulfide) groups is 1. The van der Waals surface area contributed by atoms with Crippen LogP contribution in [-0.2, 0) is 4.79 Å². The van der Waals surface area contributed by atoms with E-state index >= 15 is 0 Å². The van der Waals surface area contributed by atoms with E-state index in [9.17, 15) is 4.79 Å². The van der Waals surface area contributed by atoms with Crippen molar-refractivity contribution in [3.05, 3.63) is 0 Å². The van der Waals surface area contributed by atoms with E-state index in [1.54, 1.807) is 11.8 Å². The number of rotatable bonds is 6. The van der Waals surface area contributed by atoms with E-state index < -0.39 is 0 Å². The van der Waals surface area contributed by atoms with Gasteiger partial charge in [0.05, 0.1) is 0 Å². The van der Waals surface area contributed by atoms with E-state index in [0.29, 0.717) is 0 Å². The van der Waals surface area contributed by atoms with Crippen molar-refractivity contribution in [1.29, 1.82) is 0 Å². The minimum Gasteiger partial charge on any atom is -0.396 e. The number of hydrogen-bond donors (Lipinski definition) is 3. The fourth-order valence-electron chi connectivity index (χ4n) is 0.858. The summed E-state index contributed by atoms with van der Waals surface area (Å²) in [5, 5.41) is 9.04. The molecule has 0 heterocycles. The fraction of sp³-hybridized carbons (Fsp3) is 0.889. The van der Waals surface area contributed by atoms with Crippen molar-refractivity contribution in [2.75, 3.05) is 12.4 Å². The Labute approximate surface area is 89.6 Å². The normalized spacial score (nSPS) is 17.2. The molecule has 0 aliphatic rings. The molecular formula is C9H20N2O2S. The van der Waals surface area contributed by atoms with Crippen LogP contribution in [0, 0.1) is 11.8 Å². The van der Waals surface area contributed by atoms with Crippen molar-refractivity contribution in [2.45, 2.75) is 26.0 Å². The number of aliphatic hydroxyl groups is 1. The third-order valence-corrected chi connectivity index (χ3v) is 3.91. The Morgan fingerprint density at radius 2 is 2.07 bits per heavy atom. The van der Waals surface area contributed by atoms with Crippen LogP contribution in [0.15, 0.2) is 0 Å². The minimum atomic E-state index is -0.137. The van der Waals surface area contributed by atoms with Gasteiger partial charge in [0.2, 0.25) is 5.91 Å². The van der Waals surface area contributed by atoms with Crippen LogP contribution in [0.4, 0.5) is 0 Å². The Morgan fingerprint density at radius 3 is 2.50 bits per heavy atom. The molecule has 0 aliphatic heterocycles. The molecule has 14 heavy (non-hydrogen) atoms. The van der Waals surface area contributed by atoms with Gasteiger partial charge in [-0.15, -0.1) is 0 Å². The summed E-state index contributed by atoms with van der Waals surface area (Å²) in [5.74, 6) is 5.94. The van der Waals surface area contributed by atoms with Gasteiger partial charge in [0.1, 0.15) is 0 Å². The molecule has 0 aliphatic carbocycles. The standard InChI is InChI=1S/C9H20N2O2S/c1-6(4-12)5-14-8(3)7(2)9(13)11-10/h6-8,12H,4-5,10H2,1-3H3,(H,11,13). The highest BCUT2D eigenvalue weighted by atomic mass is 32.2. The Morgan fingerprint density at radius 1 is 1.50 bits per heavy atom. The van der Waals surface area contributed by atoms with E-state index in [1.807, 2.05) is 20.8 Å². The van der Waals surface area contributed by atoms with Crippen LogP contribution in [0.3, 0.4) is 0 Å². The molecule has 0 spiro atoms. The number of amides is 1. The third-order valence-electron chi connectivity index (χ3n) is 2.22. The highest BCUT2D eigenvalue weighted by molar-refractivity contribution is 7.99. The van der Waals surface area contributed by atoms with Gasteiger partial charge in [0, 0.05) is 17.8 Å². The first kappa shape index (κ1) is 13.7. The minimum absolute atomic E-state index is 0.101. The number of hydrogen-bond acceptors (Lipinski definition) is 4. The molecule has 3 unspecified atom stereocenters. The van der Waals surface area contributed by atoms with Crippen LogP contribution in [0.1, 0.15) is 20.8 Å². The van der Waals surface area contributed by atoms with E-state index in [-0.39, 0.29) is 29.6 Å². The van der Waals surface area contributed by atoms with E-state index in [4.69, 9.17) is 10.9 Å². The van der Waals surface area contributed by atoms with E-state index in [1.165, 1.54) is 0 Å². The summed E-state index contributed by atoms with van der Waals surface area (Å²) < 4.78 is 0. The second-order valence-electron chi connectivity index (χ2n) is 3.62. The van der Waals surface area contributed by atoms with Gasteiger partial charge < -0.3 is 5.11 Å². The lowest BCUT2D eigenvalue weighted by Gasteiger charge is -2.19. The predicted octanol–water partition coefficient (Wildman–Crippen LogP) is 0.362. The zero-order chi connectivity index (χ0) is 11.1. The summed E-state index contributed by atoms with van der Waals surface area (Å²) in [6.07, 6.45) is 0. The van der Waals surface area contributed by atoms with Gasteiger partial charge in [-0.3, -0.25) is 10.2 Å². The number of nitrogens with two attached hydrogens (primary N) is 1. The summed E-state index contributed by atoms with van der Waals surface area (Å²) in [6.45, 7) is 6.02. The van der Waals surface area contributed by atoms with Gasteiger partial charge >= 0.3 is 0 Å². The molecule has 0 bridgehead atoms. The molecule has 4 N–H and O–H groups in total. The zero-order valence-electron chi connectivity index (χ0n) is 8.99. The van der Waals surface area contributed by atoms with Crippen LogP contribution in [-0.4, -0.2) is 28.6 Å². The maximum atomic E-state index is 11.2. The van der Waals surface area contributed by atoms with E-state index in [2.05, 4.69) is 5.43 Å². The molecule has 84 valence electrons. The first-order valence-corrected chi connectivity index (χ1v) is 5.80. The Kier molecular flexibility index (Phi) is 6.96. The maximum Gasteiger partial charge on any atom is 0.237 e. The average Bonchev–Trinajstić information content (AvgIpc) is 2.22. The summed E-state index contributed by atoms with van der Waals surface area (Å²) in [4.78, 5) is 11.2. The van der Waals surface area contributed by atoms with Crippen molar-refractivity contribution >= 4 is 17.7 Å². The largest absolute Gasteiger partial charge is 0.396 e. The predicted molar refractivity (Wildman–Crippen MR) is 59.7 cm³/mol. The Balaban J connectivity index is 3.83. The lowest BCUT2D eigenvalue weighted by Crippen LogP contribution is -2.38. The number of hydrazine groups is 1.